The molecule has 0 bridgehead atoms. The molecule has 1 amide bonds. The highest BCUT2D eigenvalue weighted by Crippen LogP contribution is 2.42. The summed E-state index contributed by atoms with van der Waals surface area (Å²) in [6.45, 7) is 4.06. The van der Waals surface area contributed by atoms with Crippen molar-refractivity contribution in [3.63, 3.8) is 0 Å². The number of carbonyl (C=O) groups excluding carboxylic acids is 4. The molecular weight excluding hydrogens is 426 g/mol. The molecule has 1 saturated heterocycles. The Hall–Kier alpha value is -3.00. The normalized spacial score (nSPS) is 20.7. The number of hydrogen-bond acceptors (Lipinski definition) is 7. The number of hydrogen-bond donors (Lipinski definition) is 1. The number of epoxide rings is 1. The van der Waals surface area contributed by atoms with Crippen LogP contribution in [0.3, 0.4) is 0 Å². The number of esters is 2. The van der Waals surface area contributed by atoms with Gasteiger partial charge < -0.3 is 19.5 Å². The van der Waals surface area contributed by atoms with Crippen molar-refractivity contribution in [1.29, 1.82) is 0 Å². The van der Waals surface area contributed by atoms with Crippen LogP contribution in [0.1, 0.15) is 82.0 Å². The number of unbranched alkanes of at least 4 members (excludes halogenated alkanes) is 4. The Morgan fingerprint density at radius 3 is 2.36 bits per heavy atom. The maximum absolute atomic E-state index is 13.1. The zero-order chi connectivity index (χ0) is 23.8. The summed E-state index contributed by atoms with van der Waals surface area (Å²) in [5, 5.41) is 2.74. The zero-order valence-electron chi connectivity index (χ0n) is 19.2. The Morgan fingerprint density at radius 2 is 1.70 bits per heavy atom. The molecule has 2 atom stereocenters. The van der Waals surface area contributed by atoms with Crippen LogP contribution in [0, 0.1) is 0 Å². The van der Waals surface area contributed by atoms with Gasteiger partial charge in [0.15, 0.2) is 29.1 Å². The molecule has 0 spiro atoms. The minimum absolute atomic E-state index is 0.0124. The molecule has 1 heterocycles. The van der Waals surface area contributed by atoms with Gasteiger partial charge in [0, 0.05) is 19.3 Å². The van der Waals surface area contributed by atoms with E-state index in [0.717, 1.165) is 25.7 Å². The van der Waals surface area contributed by atoms with Crippen molar-refractivity contribution >= 4 is 23.6 Å². The Balaban J connectivity index is 1.79. The first kappa shape index (κ1) is 24.6. The first-order chi connectivity index (χ1) is 15.9. The van der Waals surface area contributed by atoms with Crippen LogP contribution in [0.4, 0.5) is 0 Å². The predicted molar refractivity (Wildman–Crippen MR) is 120 cm³/mol. The van der Waals surface area contributed by atoms with E-state index in [-0.39, 0.29) is 35.7 Å². The van der Waals surface area contributed by atoms with Gasteiger partial charge in [-0.25, -0.2) is 0 Å². The second kappa shape index (κ2) is 11.2. The number of carbonyl (C=O) groups is 4. The van der Waals surface area contributed by atoms with Crippen molar-refractivity contribution in [1.82, 2.24) is 5.32 Å². The summed E-state index contributed by atoms with van der Waals surface area (Å²) in [6.07, 6.45) is 8.15. The van der Waals surface area contributed by atoms with Crippen LogP contribution in [0.15, 0.2) is 30.4 Å². The van der Waals surface area contributed by atoms with Crippen molar-refractivity contribution in [2.75, 3.05) is 0 Å². The van der Waals surface area contributed by atoms with E-state index >= 15 is 0 Å². The van der Waals surface area contributed by atoms with Crippen LogP contribution >= 0.6 is 0 Å². The van der Waals surface area contributed by atoms with Gasteiger partial charge in [-0.05, 0) is 31.1 Å². The van der Waals surface area contributed by atoms with E-state index in [2.05, 4.69) is 5.32 Å². The highest BCUT2D eigenvalue weighted by atomic mass is 16.6. The van der Waals surface area contributed by atoms with Gasteiger partial charge in [-0.1, -0.05) is 51.7 Å². The Labute approximate surface area is 193 Å². The molecule has 2 unspecified atom stereocenters. The minimum Gasteiger partial charge on any atom is -0.422 e. The van der Waals surface area contributed by atoms with Crippen LogP contribution in [0.2, 0.25) is 0 Å². The second-order valence-corrected chi connectivity index (χ2v) is 8.35. The van der Waals surface area contributed by atoms with Gasteiger partial charge in [0.25, 0.3) is 5.91 Å². The Kier molecular flexibility index (Phi) is 8.38. The summed E-state index contributed by atoms with van der Waals surface area (Å²) in [6, 6.07) is 4.52. The van der Waals surface area contributed by atoms with E-state index < -0.39 is 29.7 Å². The van der Waals surface area contributed by atoms with Gasteiger partial charge in [-0.2, -0.15) is 0 Å². The standard InChI is InChI=1S/C25H31NO7/c1-3-5-7-14-20(28)31-19-13-9-11-17(22(19)32-21(29)15-8-6-4-2)24(30)26-25-16-10-12-18(27)23(25)33-25/h9-13,23H,3-8,14-16H2,1-2H3,(H,26,30). The maximum atomic E-state index is 13.1. The summed E-state index contributed by atoms with van der Waals surface area (Å²) < 4.78 is 16.5. The molecule has 1 N–H and O–H groups in total. The quantitative estimate of drug-likeness (QED) is 0.218. The largest absolute Gasteiger partial charge is 0.422 e. The molecule has 3 rings (SSSR count). The second-order valence-electron chi connectivity index (χ2n) is 8.35. The SMILES string of the molecule is CCCCCC(=O)Oc1cccc(C(=O)NC23CC=CC(=O)C2O3)c1OC(=O)CCCCC. The molecule has 1 fully saturated rings. The van der Waals surface area contributed by atoms with Crippen LogP contribution in [0.5, 0.6) is 11.5 Å². The lowest BCUT2D eigenvalue weighted by Crippen LogP contribution is -2.42. The van der Waals surface area contributed by atoms with Crippen LogP contribution in [0.25, 0.3) is 0 Å². The number of benzene rings is 1. The third-order valence-electron chi connectivity index (χ3n) is 5.61. The molecule has 0 saturated carbocycles. The molecule has 1 aliphatic heterocycles. The number of amides is 1. The van der Waals surface area contributed by atoms with E-state index in [1.807, 2.05) is 13.8 Å². The molecule has 0 aromatic heterocycles. The fourth-order valence-corrected chi connectivity index (χ4v) is 3.72. The lowest BCUT2D eigenvalue weighted by molar-refractivity contribution is -0.137. The summed E-state index contributed by atoms with van der Waals surface area (Å²) >= 11 is 0. The minimum atomic E-state index is -1.09. The Morgan fingerprint density at radius 1 is 1.03 bits per heavy atom. The van der Waals surface area contributed by atoms with Gasteiger partial charge in [-0.3, -0.25) is 19.2 Å². The molecule has 8 heteroatoms. The summed E-state index contributed by atoms with van der Waals surface area (Å²) in [7, 11) is 0. The summed E-state index contributed by atoms with van der Waals surface area (Å²) in [5.74, 6) is -1.86. The van der Waals surface area contributed by atoms with E-state index in [1.165, 1.54) is 18.2 Å². The van der Waals surface area contributed by atoms with Crippen molar-refractivity contribution in [2.24, 2.45) is 0 Å². The number of nitrogens with one attached hydrogen (secondary N) is 1. The predicted octanol–water partition coefficient (Wildman–Crippen LogP) is 4.01. The van der Waals surface area contributed by atoms with Gasteiger partial charge >= 0.3 is 11.9 Å². The summed E-state index contributed by atoms with van der Waals surface area (Å²) in [5.41, 5.74) is -1.05. The number of fused-ring (bicyclic) bond motifs is 1. The third kappa shape index (κ3) is 6.28. The van der Waals surface area contributed by atoms with Gasteiger partial charge in [0.1, 0.15) is 0 Å². The van der Waals surface area contributed by atoms with E-state index in [4.69, 9.17) is 14.2 Å². The zero-order valence-corrected chi connectivity index (χ0v) is 19.2. The molecule has 2 aliphatic rings. The average Bonchev–Trinajstić information content (AvgIpc) is 3.51. The first-order valence-electron chi connectivity index (χ1n) is 11.6. The maximum Gasteiger partial charge on any atom is 0.311 e. The van der Waals surface area contributed by atoms with Crippen molar-refractivity contribution in [3.8, 4) is 11.5 Å². The van der Waals surface area contributed by atoms with E-state index in [0.29, 0.717) is 19.3 Å². The van der Waals surface area contributed by atoms with Crippen LogP contribution in [-0.2, 0) is 19.1 Å². The van der Waals surface area contributed by atoms with Crippen molar-refractivity contribution < 1.29 is 33.4 Å². The fraction of sp³-hybridized carbons (Fsp3) is 0.520. The number of para-hydroxylation sites is 1. The topological polar surface area (TPSA) is 111 Å². The number of ether oxygens (including phenoxy) is 3. The highest BCUT2D eigenvalue weighted by molar-refractivity contribution is 6.02. The van der Waals surface area contributed by atoms with Gasteiger partial charge in [-0.15, -0.1) is 0 Å². The molecule has 8 nitrogen and oxygen atoms in total. The smallest absolute Gasteiger partial charge is 0.311 e. The van der Waals surface area contributed by atoms with Crippen LogP contribution < -0.4 is 14.8 Å². The Bertz CT molecular complexity index is 939. The van der Waals surface area contributed by atoms with Gasteiger partial charge in [0.05, 0.1) is 5.56 Å². The monoisotopic (exact) mass is 457 g/mol. The molecular formula is C25H31NO7. The lowest BCUT2D eigenvalue weighted by Gasteiger charge is -2.18. The van der Waals surface area contributed by atoms with Crippen molar-refractivity contribution in [3.05, 3.63) is 35.9 Å². The lowest BCUT2D eigenvalue weighted by atomic mass is 10.0. The first-order valence-corrected chi connectivity index (χ1v) is 11.6. The molecule has 1 aromatic carbocycles. The third-order valence-corrected chi connectivity index (χ3v) is 5.61. The fourth-order valence-electron chi connectivity index (χ4n) is 3.72. The van der Waals surface area contributed by atoms with Gasteiger partial charge in [0.2, 0.25) is 0 Å². The van der Waals surface area contributed by atoms with E-state index in [1.54, 1.807) is 12.1 Å². The van der Waals surface area contributed by atoms with Crippen molar-refractivity contribution in [2.45, 2.75) is 83.5 Å². The molecule has 1 aliphatic carbocycles. The summed E-state index contributed by atoms with van der Waals surface area (Å²) in [4.78, 5) is 49.7. The van der Waals surface area contributed by atoms with Crippen LogP contribution in [-0.4, -0.2) is 35.5 Å². The number of rotatable bonds is 12. The molecule has 33 heavy (non-hydrogen) atoms. The van der Waals surface area contributed by atoms with E-state index in [9.17, 15) is 19.2 Å². The average molecular weight is 458 g/mol. The highest BCUT2D eigenvalue weighted by Gasteiger charge is 2.62. The number of ketones is 1. The molecule has 178 valence electrons. The molecule has 1 aromatic rings. The molecule has 0 radical (unpaired) electrons.